The molecule has 0 unspecified atom stereocenters. The van der Waals surface area contributed by atoms with Gasteiger partial charge in [0.25, 0.3) is 11.6 Å². The van der Waals surface area contributed by atoms with Crippen LogP contribution in [0.15, 0.2) is 40.9 Å². The quantitative estimate of drug-likeness (QED) is 0.552. The van der Waals surface area contributed by atoms with E-state index in [2.05, 4.69) is 10.3 Å². The Balaban J connectivity index is 1.91. The van der Waals surface area contributed by atoms with E-state index in [0.717, 1.165) is 11.3 Å². The number of oxazole rings is 1. The summed E-state index contributed by atoms with van der Waals surface area (Å²) in [5.41, 5.74) is 2.52. The van der Waals surface area contributed by atoms with E-state index in [1.807, 2.05) is 19.9 Å². The van der Waals surface area contributed by atoms with Gasteiger partial charge < -0.3 is 14.9 Å². The van der Waals surface area contributed by atoms with Gasteiger partial charge in [-0.15, -0.1) is 0 Å². The van der Waals surface area contributed by atoms with Crippen LogP contribution in [-0.2, 0) is 10.2 Å². The van der Waals surface area contributed by atoms with Gasteiger partial charge in [-0.3, -0.25) is 4.79 Å². The summed E-state index contributed by atoms with van der Waals surface area (Å²) < 4.78 is 6.39. The minimum Gasteiger partial charge on any atom is -0.618 e. The maximum absolute atomic E-state index is 12.0. The molecule has 3 heterocycles. The Morgan fingerprint density at radius 2 is 2.14 bits per heavy atom. The fourth-order valence-electron chi connectivity index (χ4n) is 2.70. The summed E-state index contributed by atoms with van der Waals surface area (Å²) in [6.45, 7) is 3.73. The minimum atomic E-state index is -0.603. The van der Waals surface area contributed by atoms with Crippen LogP contribution in [0, 0.1) is 5.21 Å². The zero-order valence-electron chi connectivity index (χ0n) is 12.1. The third-order valence-corrected chi connectivity index (χ3v) is 4.06. The average molecular weight is 295 g/mol. The number of carbonyl (C=O) groups is 1. The molecule has 0 atom stereocenters. The number of hydrogen-bond donors (Lipinski definition) is 1. The van der Waals surface area contributed by atoms with Crippen LogP contribution in [0.4, 0.5) is 5.69 Å². The Morgan fingerprint density at radius 3 is 2.91 bits per heavy atom. The van der Waals surface area contributed by atoms with Crippen LogP contribution in [0.3, 0.4) is 0 Å². The number of anilines is 1. The molecule has 0 radical (unpaired) electrons. The standard InChI is InChI=1S/C16H13N3O3/c1-16(2)9-7-11-13(8-10(9)18-15(16)20)22-14(17-11)12-5-3-4-6-19(12)21/h3-8H,1-2H3,(H,18,20). The predicted molar refractivity (Wildman–Crippen MR) is 80.1 cm³/mol. The summed E-state index contributed by atoms with van der Waals surface area (Å²) in [6, 6.07) is 8.64. The summed E-state index contributed by atoms with van der Waals surface area (Å²) in [6.07, 6.45) is 1.40. The molecule has 1 aliphatic rings. The van der Waals surface area contributed by atoms with E-state index in [0.29, 0.717) is 21.5 Å². The third kappa shape index (κ3) is 1.64. The molecule has 1 N–H and O–H groups in total. The number of pyridine rings is 1. The normalized spacial score (nSPS) is 15.8. The molecule has 22 heavy (non-hydrogen) atoms. The van der Waals surface area contributed by atoms with E-state index in [1.54, 1.807) is 24.3 Å². The molecule has 0 spiro atoms. The number of nitrogens with zero attached hydrogens (tertiary/aromatic N) is 2. The molecule has 1 aliphatic heterocycles. The van der Waals surface area contributed by atoms with E-state index in [4.69, 9.17) is 4.42 Å². The lowest BCUT2D eigenvalue weighted by Gasteiger charge is -2.14. The molecule has 0 fully saturated rings. The molecule has 1 amide bonds. The smallest absolute Gasteiger partial charge is 0.295 e. The number of amides is 1. The van der Waals surface area contributed by atoms with Gasteiger partial charge in [0.1, 0.15) is 5.52 Å². The molecule has 3 aromatic rings. The lowest BCUT2D eigenvalue weighted by Crippen LogP contribution is -2.27. The number of hydrogen-bond acceptors (Lipinski definition) is 4. The summed E-state index contributed by atoms with van der Waals surface area (Å²) in [5.74, 6) is 0.217. The van der Waals surface area contributed by atoms with Crippen LogP contribution >= 0.6 is 0 Å². The number of carbonyl (C=O) groups excluding carboxylic acids is 1. The topological polar surface area (TPSA) is 82.1 Å². The van der Waals surface area contributed by atoms with Crippen LogP contribution in [-0.4, -0.2) is 10.9 Å². The SMILES string of the molecule is CC1(C)C(=O)Nc2cc3oc(-c4cccc[n+]4[O-])nc3cc21. The van der Waals surface area contributed by atoms with Gasteiger partial charge in [0, 0.05) is 23.9 Å². The van der Waals surface area contributed by atoms with Gasteiger partial charge in [-0.2, -0.15) is 4.73 Å². The molecule has 2 aromatic heterocycles. The first-order valence-corrected chi connectivity index (χ1v) is 6.92. The van der Waals surface area contributed by atoms with Crippen LogP contribution in [0.25, 0.3) is 22.7 Å². The van der Waals surface area contributed by atoms with Crippen molar-refractivity contribution in [2.24, 2.45) is 0 Å². The zero-order chi connectivity index (χ0) is 15.5. The van der Waals surface area contributed by atoms with Crippen LogP contribution in [0.2, 0.25) is 0 Å². The second kappa shape index (κ2) is 4.07. The fourth-order valence-corrected chi connectivity index (χ4v) is 2.70. The van der Waals surface area contributed by atoms with Crippen molar-refractivity contribution in [2.45, 2.75) is 19.3 Å². The Hall–Kier alpha value is -2.89. The van der Waals surface area contributed by atoms with Gasteiger partial charge in [0.15, 0.2) is 11.8 Å². The molecule has 6 nitrogen and oxygen atoms in total. The lowest BCUT2D eigenvalue weighted by atomic mass is 9.86. The van der Waals surface area contributed by atoms with E-state index in [-0.39, 0.29) is 11.8 Å². The van der Waals surface area contributed by atoms with E-state index in [1.165, 1.54) is 6.20 Å². The maximum atomic E-state index is 12.0. The van der Waals surface area contributed by atoms with Gasteiger partial charge in [-0.05, 0) is 31.5 Å². The van der Waals surface area contributed by atoms with E-state index in [9.17, 15) is 10.0 Å². The van der Waals surface area contributed by atoms with Crippen molar-refractivity contribution in [1.29, 1.82) is 0 Å². The summed E-state index contributed by atoms with van der Waals surface area (Å²) in [7, 11) is 0. The van der Waals surface area contributed by atoms with Crippen molar-refractivity contribution in [2.75, 3.05) is 5.32 Å². The summed E-state index contributed by atoms with van der Waals surface area (Å²) >= 11 is 0. The first-order valence-electron chi connectivity index (χ1n) is 6.92. The van der Waals surface area contributed by atoms with E-state index >= 15 is 0 Å². The molecular formula is C16H13N3O3. The second-order valence-corrected chi connectivity index (χ2v) is 5.88. The van der Waals surface area contributed by atoms with Gasteiger partial charge >= 0.3 is 0 Å². The highest BCUT2D eigenvalue weighted by Gasteiger charge is 2.39. The first-order chi connectivity index (χ1) is 10.5. The maximum Gasteiger partial charge on any atom is 0.295 e. The Bertz CT molecular complexity index is 928. The molecule has 0 saturated carbocycles. The zero-order valence-corrected chi connectivity index (χ0v) is 12.1. The van der Waals surface area contributed by atoms with Crippen LogP contribution in [0.1, 0.15) is 19.4 Å². The minimum absolute atomic E-state index is 0.0455. The van der Waals surface area contributed by atoms with Gasteiger partial charge in [0.2, 0.25) is 5.91 Å². The third-order valence-electron chi connectivity index (χ3n) is 4.06. The van der Waals surface area contributed by atoms with Gasteiger partial charge in [-0.1, -0.05) is 0 Å². The predicted octanol–water partition coefficient (Wildman–Crippen LogP) is 2.36. The Morgan fingerprint density at radius 1 is 1.32 bits per heavy atom. The lowest BCUT2D eigenvalue weighted by molar-refractivity contribution is -0.594. The highest BCUT2D eigenvalue weighted by Crippen LogP contribution is 2.40. The number of benzene rings is 1. The number of fused-ring (bicyclic) bond motifs is 2. The monoisotopic (exact) mass is 295 g/mol. The van der Waals surface area contributed by atoms with Crippen LogP contribution in [0.5, 0.6) is 0 Å². The van der Waals surface area contributed by atoms with Crippen molar-refractivity contribution in [3.05, 3.63) is 47.3 Å². The van der Waals surface area contributed by atoms with Crippen molar-refractivity contribution in [3.63, 3.8) is 0 Å². The molecule has 0 aliphatic carbocycles. The average Bonchev–Trinajstić information content (AvgIpc) is 2.97. The molecule has 0 bridgehead atoms. The highest BCUT2D eigenvalue weighted by atomic mass is 16.5. The molecule has 1 aromatic carbocycles. The van der Waals surface area contributed by atoms with Crippen molar-refractivity contribution >= 4 is 22.7 Å². The van der Waals surface area contributed by atoms with Crippen molar-refractivity contribution in [1.82, 2.24) is 4.98 Å². The number of nitrogens with one attached hydrogen (secondary N) is 1. The molecule has 110 valence electrons. The summed E-state index contributed by atoms with van der Waals surface area (Å²) in [4.78, 5) is 16.4. The fraction of sp³-hybridized carbons (Fsp3) is 0.188. The second-order valence-electron chi connectivity index (χ2n) is 5.88. The van der Waals surface area contributed by atoms with Crippen LogP contribution < -0.4 is 10.0 Å². The van der Waals surface area contributed by atoms with Crippen molar-refractivity contribution in [3.8, 4) is 11.6 Å². The highest BCUT2D eigenvalue weighted by molar-refractivity contribution is 6.07. The van der Waals surface area contributed by atoms with Gasteiger partial charge in [0.05, 0.1) is 5.41 Å². The molecular weight excluding hydrogens is 282 g/mol. The summed E-state index contributed by atoms with van der Waals surface area (Å²) in [5, 5.41) is 14.6. The van der Waals surface area contributed by atoms with Gasteiger partial charge in [-0.25, -0.2) is 4.98 Å². The molecule has 6 heteroatoms. The Labute approximate surface area is 126 Å². The Kier molecular flexibility index (Phi) is 2.37. The first kappa shape index (κ1) is 12.8. The largest absolute Gasteiger partial charge is 0.618 e. The molecule has 4 rings (SSSR count). The van der Waals surface area contributed by atoms with E-state index < -0.39 is 5.41 Å². The number of rotatable bonds is 1. The van der Waals surface area contributed by atoms with Crippen molar-refractivity contribution < 1.29 is 13.9 Å². The molecule has 0 saturated heterocycles. The number of aromatic nitrogens is 2.